The predicted molar refractivity (Wildman–Crippen MR) is 117 cm³/mol. The van der Waals surface area contributed by atoms with Crippen LogP contribution in [-0.4, -0.2) is 59.9 Å². The first-order chi connectivity index (χ1) is 14.0. The molecule has 164 valence electrons. The van der Waals surface area contributed by atoms with Gasteiger partial charge >= 0.3 is 0 Å². The maximum atomic E-state index is 13.0. The Morgan fingerprint density at radius 2 is 1.70 bits per heavy atom. The molecule has 3 rings (SSSR count). The number of aromatic nitrogens is 2. The van der Waals surface area contributed by atoms with E-state index in [0.29, 0.717) is 29.6 Å². The van der Waals surface area contributed by atoms with Gasteiger partial charge in [0.15, 0.2) is 0 Å². The van der Waals surface area contributed by atoms with Crippen molar-refractivity contribution in [3.63, 3.8) is 0 Å². The van der Waals surface area contributed by atoms with E-state index in [4.69, 9.17) is 0 Å². The van der Waals surface area contributed by atoms with E-state index < -0.39 is 10.0 Å². The van der Waals surface area contributed by atoms with E-state index in [1.807, 2.05) is 12.1 Å². The van der Waals surface area contributed by atoms with Gasteiger partial charge in [-0.3, -0.25) is 9.89 Å². The minimum atomic E-state index is -3.57. The van der Waals surface area contributed by atoms with Crippen LogP contribution in [0.25, 0.3) is 0 Å². The van der Waals surface area contributed by atoms with Gasteiger partial charge in [0.25, 0.3) is 5.91 Å². The van der Waals surface area contributed by atoms with Crippen molar-refractivity contribution in [2.24, 2.45) is 5.92 Å². The van der Waals surface area contributed by atoms with Crippen molar-refractivity contribution >= 4 is 15.9 Å². The highest BCUT2D eigenvalue weighted by Gasteiger charge is 2.31. The lowest BCUT2D eigenvalue weighted by Gasteiger charge is -2.33. The number of sulfonamides is 1. The molecule has 8 heteroatoms. The number of nitrogens with zero attached hydrogens (tertiary/aromatic N) is 3. The first kappa shape index (κ1) is 22.5. The normalized spacial score (nSPS) is 16.3. The van der Waals surface area contributed by atoms with Crippen LogP contribution >= 0.6 is 0 Å². The molecule has 0 saturated carbocycles. The van der Waals surface area contributed by atoms with Crippen molar-refractivity contribution < 1.29 is 13.2 Å². The molecule has 0 aliphatic carbocycles. The Hall–Kier alpha value is -2.19. The summed E-state index contributed by atoms with van der Waals surface area (Å²) >= 11 is 0. The van der Waals surface area contributed by atoms with Gasteiger partial charge in [-0.2, -0.15) is 9.40 Å². The van der Waals surface area contributed by atoms with E-state index in [2.05, 4.69) is 44.8 Å². The quantitative estimate of drug-likeness (QED) is 0.787. The van der Waals surface area contributed by atoms with Crippen LogP contribution in [0.2, 0.25) is 0 Å². The number of rotatable bonds is 5. The van der Waals surface area contributed by atoms with Gasteiger partial charge in [-0.05, 0) is 41.5 Å². The molecule has 0 bridgehead atoms. The molecule has 1 fully saturated rings. The van der Waals surface area contributed by atoms with E-state index in [9.17, 15) is 13.2 Å². The molecule has 2 aromatic rings. The number of hydrogen-bond acceptors (Lipinski definition) is 4. The Morgan fingerprint density at radius 1 is 1.10 bits per heavy atom. The Labute approximate surface area is 179 Å². The second-order valence-electron chi connectivity index (χ2n) is 9.35. The second-order valence-corrected chi connectivity index (χ2v) is 11.3. The minimum Gasteiger partial charge on any atom is -0.335 e. The largest absolute Gasteiger partial charge is 0.335 e. The second kappa shape index (κ2) is 8.51. The molecule has 1 aliphatic heterocycles. The molecule has 2 heterocycles. The van der Waals surface area contributed by atoms with Crippen LogP contribution in [0.5, 0.6) is 0 Å². The van der Waals surface area contributed by atoms with Gasteiger partial charge in [-0.1, -0.05) is 46.8 Å². The standard InChI is InChI=1S/C22H32N4O3S/c1-16(2)14-18-15-20(24-23-18)21(27)25-10-12-26(13-11-25)30(28,29)19-8-6-17(7-9-19)22(3,4)5/h6-9,15-16H,10-14H2,1-5H3,(H,23,24). The zero-order chi connectivity index (χ0) is 22.1. The lowest BCUT2D eigenvalue weighted by molar-refractivity contribution is 0.0692. The fourth-order valence-electron chi connectivity index (χ4n) is 3.59. The number of nitrogens with one attached hydrogen (secondary N) is 1. The molecular weight excluding hydrogens is 400 g/mol. The number of amides is 1. The zero-order valence-corrected chi connectivity index (χ0v) is 19.3. The number of carbonyl (C=O) groups excluding carboxylic acids is 1. The average molecular weight is 433 g/mol. The van der Waals surface area contributed by atoms with Crippen molar-refractivity contribution in [1.29, 1.82) is 0 Å². The van der Waals surface area contributed by atoms with E-state index in [1.165, 1.54) is 4.31 Å². The van der Waals surface area contributed by atoms with Crippen LogP contribution in [0.15, 0.2) is 35.2 Å². The van der Waals surface area contributed by atoms with Crippen molar-refractivity contribution in [2.45, 2.75) is 51.3 Å². The molecule has 0 radical (unpaired) electrons. The third-order valence-corrected chi connectivity index (χ3v) is 7.28. The lowest BCUT2D eigenvalue weighted by atomic mass is 9.87. The first-order valence-corrected chi connectivity index (χ1v) is 11.9. The van der Waals surface area contributed by atoms with E-state index in [0.717, 1.165) is 17.7 Å². The number of carbonyl (C=O) groups is 1. The third kappa shape index (κ3) is 4.92. The Morgan fingerprint density at radius 3 is 2.23 bits per heavy atom. The molecule has 1 saturated heterocycles. The average Bonchev–Trinajstić information content (AvgIpc) is 3.14. The van der Waals surface area contributed by atoms with Crippen LogP contribution < -0.4 is 0 Å². The van der Waals surface area contributed by atoms with E-state index in [-0.39, 0.29) is 24.4 Å². The number of aromatic amines is 1. The highest BCUT2D eigenvalue weighted by molar-refractivity contribution is 7.89. The van der Waals surface area contributed by atoms with Gasteiger partial charge in [0, 0.05) is 31.9 Å². The SMILES string of the molecule is CC(C)Cc1cc(C(=O)N2CCN(S(=O)(=O)c3ccc(C(C)(C)C)cc3)CC2)n[nH]1. The molecule has 30 heavy (non-hydrogen) atoms. The van der Waals surface area contributed by atoms with Crippen LogP contribution in [0.3, 0.4) is 0 Å². The fourth-order valence-corrected chi connectivity index (χ4v) is 5.01. The molecule has 1 aromatic heterocycles. The van der Waals surface area contributed by atoms with Gasteiger partial charge in [0.2, 0.25) is 10.0 Å². The van der Waals surface area contributed by atoms with Gasteiger partial charge in [0.1, 0.15) is 5.69 Å². The smallest absolute Gasteiger partial charge is 0.274 e. The zero-order valence-electron chi connectivity index (χ0n) is 18.5. The molecule has 0 atom stereocenters. The monoisotopic (exact) mass is 432 g/mol. The highest BCUT2D eigenvalue weighted by atomic mass is 32.2. The Bertz CT molecular complexity index is 980. The van der Waals surface area contributed by atoms with Gasteiger partial charge in [-0.25, -0.2) is 8.42 Å². The lowest BCUT2D eigenvalue weighted by Crippen LogP contribution is -2.50. The maximum Gasteiger partial charge on any atom is 0.274 e. The molecule has 1 aliphatic rings. The number of piperazine rings is 1. The summed E-state index contributed by atoms with van der Waals surface area (Å²) in [4.78, 5) is 14.7. The Balaban J connectivity index is 1.64. The fraction of sp³-hybridized carbons (Fsp3) is 0.545. The van der Waals surface area contributed by atoms with Crippen LogP contribution in [0, 0.1) is 5.92 Å². The summed E-state index contributed by atoms with van der Waals surface area (Å²) in [5.41, 5.74) is 2.39. The summed E-state index contributed by atoms with van der Waals surface area (Å²) in [6.45, 7) is 11.8. The summed E-state index contributed by atoms with van der Waals surface area (Å²) in [6, 6.07) is 8.89. The van der Waals surface area contributed by atoms with Crippen LogP contribution in [0.4, 0.5) is 0 Å². The summed E-state index contributed by atoms with van der Waals surface area (Å²) in [7, 11) is -3.57. The maximum absolute atomic E-state index is 13.0. The summed E-state index contributed by atoms with van der Waals surface area (Å²) < 4.78 is 27.5. The van der Waals surface area contributed by atoms with Crippen molar-refractivity contribution in [3.8, 4) is 0 Å². The van der Waals surface area contributed by atoms with E-state index in [1.54, 1.807) is 23.1 Å². The molecular formula is C22H32N4O3S. The van der Waals surface area contributed by atoms with Crippen LogP contribution in [-0.2, 0) is 21.9 Å². The van der Waals surface area contributed by atoms with Crippen molar-refractivity contribution in [3.05, 3.63) is 47.3 Å². The summed E-state index contributed by atoms with van der Waals surface area (Å²) in [6.07, 6.45) is 0.834. The first-order valence-electron chi connectivity index (χ1n) is 10.4. The summed E-state index contributed by atoms with van der Waals surface area (Å²) in [5.74, 6) is 0.312. The van der Waals surface area contributed by atoms with Gasteiger partial charge in [-0.15, -0.1) is 0 Å². The van der Waals surface area contributed by atoms with E-state index >= 15 is 0 Å². The highest BCUT2D eigenvalue weighted by Crippen LogP contribution is 2.25. The Kier molecular flexibility index (Phi) is 6.38. The number of H-pyrrole nitrogens is 1. The molecule has 1 amide bonds. The molecule has 7 nitrogen and oxygen atoms in total. The van der Waals surface area contributed by atoms with Crippen molar-refractivity contribution in [2.75, 3.05) is 26.2 Å². The number of hydrogen-bond donors (Lipinski definition) is 1. The number of benzene rings is 1. The molecule has 0 spiro atoms. The van der Waals surface area contributed by atoms with Crippen LogP contribution in [0.1, 0.15) is 56.4 Å². The predicted octanol–water partition coefficient (Wildman–Crippen LogP) is 3.05. The van der Waals surface area contributed by atoms with Crippen molar-refractivity contribution in [1.82, 2.24) is 19.4 Å². The molecule has 1 N–H and O–H groups in total. The third-order valence-electron chi connectivity index (χ3n) is 5.36. The topological polar surface area (TPSA) is 86.4 Å². The molecule has 0 unspecified atom stereocenters. The van der Waals surface area contributed by atoms with Gasteiger partial charge in [0.05, 0.1) is 4.90 Å². The summed E-state index contributed by atoms with van der Waals surface area (Å²) in [5, 5.41) is 7.06. The molecule has 1 aromatic carbocycles. The minimum absolute atomic E-state index is 0.0322. The van der Waals surface area contributed by atoms with Gasteiger partial charge < -0.3 is 4.90 Å².